The Labute approximate surface area is 107 Å². The van der Waals surface area contributed by atoms with Crippen LogP contribution in [0.3, 0.4) is 0 Å². The molecule has 0 radical (unpaired) electrons. The lowest BCUT2D eigenvalue weighted by Gasteiger charge is -2.17. The van der Waals surface area contributed by atoms with Crippen LogP contribution in [0.1, 0.15) is 18.5 Å². The minimum atomic E-state index is 0.374. The molecule has 1 atom stereocenters. The normalized spacial score (nSPS) is 12.8. The first-order valence-electron chi connectivity index (χ1n) is 5.95. The second-order valence-corrected chi connectivity index (χ2v) is 5.24. The molecule has 1 aromatic heterocycles. The van der Waals surface area contributed by atoms with Gasteiger partial charge in [-0.3, -0.25) is 4.98 Å². The Morgan fingerprint density at radius 3 is 2.88 bits per heavy atom. The Morgan fingerprint density at radius 2 is 2.12 bits per heavy atom. The highest BCUT2D eigenvalue weighted by Gasteiger charge is 2.12. The van der Waals surface area contributed by atoms with Crippen LogP contribution in [0.2, 0.25) is 0 Å². The number of benzene rings is 1. The fourth-order valence-corrected chi connectivity index (χ4v) is 2.79. The molecule has 0 amide bonds. The van der Waals surface area contributed by atoms with E-state index in [0.717, 1.165) is 17.0 Å². The van der Waals surface area contributed by atoms with Crippen LogP contribution in [-0.4, -0.2) is 23.5 Å². The van der Waals surface area contributed by atoms with Crippen molar-refractivity contribution in [1.29, 1.82) is 0 Å². The van der Waals surface area contributed by atoms with Crippen molar-refractivity contribution in [2.24, 2.45) is 0 Å². The molecule has 0 fully saturated rings. The van der Waals surface area contributed by atoms with E-state index in [2.05, 4.69) is 41.5 Å². The standard InChI is InChI=1S/C14H18N2S/c1-3-17-10-13(15-2)12-8-4-6-11-7-5-9-16-14(11)12/h4-9,13,15H,3,10H2,1-2H3. The van der Waals surface area contributed by atoms with E-state index in [1.165, 1.54) is 10.9 Å². The molecule has 0 saturated heterocycles. The zero-order valence-electron chi connectivity index (χ0n) is 10.3. The molecule has 1 heterocycles. The topological polar surface area (TPSA) is 24.9 Å². The first kappa shape index (κ1) is 12.4. The summed E-state index contributed by atoms with van der Waals surface area (Å²) in [5.74, 6) is 2.24. The van der Waals surface area contributed by atoms with E-state index < -0.39 is 0 Å². The van der Waals surface area contributed by atoms with Crippen molar-refractivity contribution in [3.05, 3.63) is 42.1 Å². The molecule has 0 aliphatic carbocycles. The Balaban J connectivity index is 2.38. The molecular weight excluding hydrogens is 228 g/mol. The summed E-state index contributed by atoms with van der Waals surface area (Å²) >= 11 is 1.95. The summed E-state index contributed by atoms with van der Waals surface area (Å²) in [5.41, 5.74) is 2.41. The minimum Gasteiger partial charge on any atom is -0.312 e. The van der Waals surface area contributed by atoms with E-state index >= 15 is 0 Å². The first-order valence-corrected chi connectivity index (χ1v) is 7.11. The third-order valence-corrected chi connectivity index (χ3v) is 3.85. The predicted molar refractivity (Wildman–Crippen MR) is 76.5 cm³/mol. The maximum absolute atomic E-state index is 4.51. The molecule has 17 heavy (non-hydrogen) atoms. The molecule has 0 spiro atoms. The van der Waals surface area contributed by atoms with Gasteiger partial charge in [-0.05, 0) is 24.4 Å². The fourth-order valence-electron chi connectivity index (χ4n) is 1.97. The lowest BCUT2D eigenvalue weighted by atomic mass is 10.0. The molecule has 2 aromatic rings. The highest BCUT2D eigenvalue weighted by Crippen LogP contribution is 2.24. The van der Waals surface area contributed by atoms with Gasteiger partial charge in [0.05, 0.1) is 5.52 Å². The summed E-state index contributed by atoms with van der Waals surface area (Å²) in [6.07, 6.45) is 1.87. The summed E-state index contributed by atoms with van der Waals surface area (Å²) in [5, 5.41) is 4.60. The van der Waals surface area contributed by atoms with E-state index in [0.29, 0.717) is 6.04 Å². The van der Waals surface area contributed by atoms with Crippen LogP contribution in [0.15, 0.2) is 36.5 Å². The van der Waals surface area contributed by atoms with Gasteiger partial charge in [0.1, 0.15) is 0 Å². The van der Waals surface area contributed by atoms with Gasteiger partial charge in [-0.1, -0.05) is 31.2 Å². The van der Waals surface area contributed by atoms with Crippen molar-refractivity contribution in [3.8, 4) is 0 Å². The van der Waals surface area contributed by atoms with Crippen molar-refractivity contribution < 1.29 is 0 Å². The highest BCUT2D eigenvalue weighted by molar-refractivity contribution is 7.99. The summed E-state index contributed by atoms with van der Waals surface area (Å²) in [4.78, 5) is 4.51. The summed E-state index contributed by atoms with van der Waals surface area (Å²) in [7, 11) is 2.02. The quantitative estimate of drug-likeness (QED) is 0.876. The number of fused-ring (bicyclic) bond motifs is 1. The van der Waals surface area contributed by atoms with Gasteiger partial charge in [0.25, 0.3) is 0 Å². The number of aromatic nitrogens is 1. The van der Waals surface area contributed by atoms with Gasteiger partial charge in [-0.25, -0.2) is 0 Å². The van der Waals surface area contributed by atoms with E-state index in [-0.39, 0.29) is 0 Å². The molecule has 1 N–H and O–H groups in total. The second kappa shape index (κ2) is 6.03. The van der Waals surface area contributed by atoms with E-state index in [9.17, 15) is 0 Å². The smallest absolute Gasteiger partial charge is 0.0750 e. The van der Waals surface area contributed by atoms with Gasteiger partial charge in [0.2, 0.25) is 0 Å². The maximum Gasteiger partial charge on any atom is 0.0750 e. The van der Waals surface area contributed by atoms with Crippen molar-refractivity contribution in [2.45, 2.75) is 13.0 Å². The molecule has 0 bridgehead atoms. The van der Waals surface area contributed by atoms with Crippen LogP contribution in [0.4, 0.5) is 0 Å². The SMILES string of the molecule is CCSCC(NC)c1cccc2cccnc12. The van der Waals surface area contributed by atoms with Gasteiger partial charge in [-0.15, -0.1) is 0 Å². The third kappa shape index (κ3) is 2.79. The summed E-state index contributed by atoms with van der Waals surface area (Å²) in [6, 6.07) is 10.9. The molecule has 0 saturated carbocycles. The Kier molecular flexibility index (Phi) is 4.40. The molecular formula is C14H18N2S. The van der Waals surface area contributed by atoms with Crippen LogP contribution < -0.4 is 5.32 Å². The number of para-hydroxylation sites is 1. The molecule has 3 heteroatoms. The predicted octanol–water partition coefficient (Wildman–Crippen LogP) is 3.25. The number of hydrogen-bond acceptors (Lipinski definition) is 3. The molecule has 90 valence electrons. The Bertz CT molecular complexity index is 479. The molecule has 2 rings (SSSR count). The average molecular weight is 246 g/mol. The van der Waals surface area contributed by atoms with Crippen molar-refractivity contribution >= 4 is 22.7 Å². The van der Waals surface area contributed by atoms with Crippen LogP contribution in [0.5, 0.6) is 0 Å². The van der Waals surface area contributed by atoms with Crippen LogP contribution >= 0.6 is 11.8 Å². The van der Waals surface area contributed by atoms with E-state index in [4.69, 9.17) is 0 Å². The zero-order valence-corrected chi connectivity index (χ0v) is 11.1. The number of hydrogen-bond donors (Lipinski definition) is 1. The summed E-state index contributed by atoms with van der Waals surface area (Å²) in [6.45, 7) is 2.19. The number of nitrogens with zero attached hydrogens (tertiary/aromatic N) is 1. The molecule has 2 nitrogen and oxygen atoms in total. The number of pyridine rings is 1. The lowest BCUT2D eigenvalue weighted by Crippen LogP contribution is -2.19. The van der Waals surface area contributed by atoms with Crippen LogP contribution in [-0.2, 0) is 0 Å². The van der Waals surface area contributed by atoms with Crippen molar-refractivity contribution in [3.63, 3.8) is 0 Å². The lowest BCUT2D eigenvalue weighted by molar-refractivity contribution is 0.665. The molecule has 1 aromatic carbocycles. The second-order valence-electron chi connectivity index (χ2n) is 3.92. The van der Waals surface area contributed by atoms with Gasteiger partial charge >= 0.3 is 0 Å². The van der Waals surface area contributed by atoms with Crippen molar-refractivity contribution in [2.75, 3.05) is 18.6 Å². The highest BCUT2D eigenvalue weighted by atomic mass is 32.2. The largest absolute Gasteiger partial charge is 0.312 e. The average Bonchev–Trinajstić information content (AvgIpc) is 2.40. The van der Waals surface area contributed by atoms with E-state index in [1.807, 2.05) is 31.1 Å². The summed E-state index contributed by atoms with van der Waals surface area (Å²) < 4.78 is 0. The van der Waals surface area contributed by atoms with Crippen molar-refractivity contribution in [1.82, 2.24) is 10.3 Å². The zero-order chi connectivity index (χ0) is 12.1. The Hall–Kier alpha value is -1.06. The van der Waals surface area contributed by atoms with Gasteiger partial charge < -0.3 is 5.32 Å². The van der Waals surface area contributed by atoms with Gasteiger partial charge in [0.15, 0.2) is 0 Å². The number of thioether (sulfide) groups is 1. The Morgan fingerprint density at radius 1 is 1.29 bits per heavy atom. The fraction of sp³-hybridized carbons (Fsp3) is 0.357. The van der Waals surface area contributed by atoms with Gasteiger partial charge in [-0.2, -0.15) is 11.8 Å². The first-order chi connectivity index (χ1) is 8.36. The van der Waals surface area contributed by atoms with Gasteiger partial charge in [0, 0.05) is 23.4 Å². The van der Waals surface area contributed by atoms with Crippen LogP contribution in [0, 0.1) is 0 Å². The number of nitrogens with one attached hydrogen (secondary N) is 1. The van der Waals surface area contributed by atoms with E-state index in [1.54, 1.807) is 0 Å². The molecule has 0 aliphatic rings. The minimum absolute atomic E-state index is 0.374. The van der Waals surface area contributed by atoms with Crippen LogP contribution in [0.25, 0.3) is 10.9 Å². The number of rotatable bonds is 5. The maximum atomic E-state index is 4.51. The monoisotopic (exact) mass is 246 g/mol. The third-order valence-electron chi connectivity index (χ3n) is 2.88. The molecule has 1 unspecified atom stereocenters. The molecule has 0 aliphatic heterocycles.